The van der Waals surface area contributed by atoms with Crippen LogP contribution in [0, 0.1) is 17.7 Å². The number of aromatic nitrogens is 2. The first-order valence-corrected chi connectivity index (χ1v) is 12.3. The van der Waals surface area contributed by atoms with Gasteiger partial charge in [-0.2, -0.15) is 0 Å². The Labute approximate surface area is 210 Å². The lowest BCUT2D eigenvalue weighted by Crippen LogP contribution is -2.41. The molecular formula is C27H33FN4O4. The van der Waals surface area contributed by atoms with E-state index >= 15 is 0 Å². The Bertz CT molecular complexity index is 1270. The fraction of sp³-hybridized carbons (Fsp3) is 0.444. The summed E-state index contributed by atoms with van der Waals surface area (Å²) in [6.45, 7) is 8.94. The van der Waals surface area contributed by atoms with Crippen LogP contribution in [-0.2, 0) is 4.74 Å². The Morgan fingerprint density at radius 3 is 2.75 bits per heavy atom. The number of benzene rings is 2. The minimum Gasteiger partial charge on any atom is -0.505 e. The average molecular weight is 497 g/mol. The van der Waals surface area contributed by atoms with Crippen molar-refractivity contribution in [1.29, 1.82) is 0 Å². The van der Waals surface area contributed by atoms with Crippen LogP contribution in [0.4, 0.5) is 26.4 Å². The molecule has 192 valence electrons. The number of methoxy groups -OCH3 is 1. The van der Waals surface area contributed by atoms with Crippen LogP contribution in [-0.4, -0.2) is 40.4 Å². The van der Waals surface area contributed by atoms with Crippen molar-refractivity contribution in [2.45, 2.75) is 52.6 Å². The van der Waals surface area contributed by atoms with Crippen LogP contribution in [0.2, 0.25) is 0 Å². The number of carbonyl (C=O) groups is 1. The van der Waals surface area contributed by atoms with Gasteiger partial charge in [0, 0.05) is 11.5 Å². The number of hydrogen-bond acceptors (Lipinski definition) is 7. The number of phenolic OH excluding ortho intramolecular Hbond substituents is 1. The van der Waals surface area contributed by atoms with Crippen LogP contribution in [0.5, 0.6) is 11.5 Å². The molecule has 1 aliphatic rings. The zero-order valence-electron chi connectivity index (χ0n) is 21.3. The normalized spacial score (nSPS) is 18.5. The molecule has 1 aromatic heterocycles. The van der Waals surface area contributed by atoms with E-state index in [-0.39, 0.29) is 11.6 Å². The number of phenols is 1. The van der Waals surface area contributed by atoms with E-state index in [1.165, 1.54) is 31.6 Å². The van der Waals surface area contributed by atoms with Crippen LogP contribution in [0.15, 0.2) is 36.7 Å². The van der Waals surface area contributed by atoms with E-state index in [1.54, 1.807) is 17.0 Å². The summed E-state index contributed by atoms with van der Waals surface area (Å²) in [7, 11) is 1.54. The number of cyclic esters (lactones) is 1. The molecule has 1 fully saturated rings. The van der Waals surface area contributed by atoms with Gasteiger partial charge in [-0.3, -0.25) is 4.90 Å². The summed E-state index contributed by atoms with van der Waals surface area (Å²) in [5, 5.41) is 13.2. The molecule has 2 atom stereocenters. The first kappa shape index (κ1) is 25.5. The lowest BCUT2D eigenvalue weighted by atomic mass is 9.81. The molecule has 2 aromatic carbocycles. The molecule has 0 saturated carbocycles. The SMILES string of the molecule is CCC(C)C1(CCC(C)C)CN(c2cc3c(Nc4cccc(O)c4F)ncnc3cc2OC)C(=O)O1. The molecule has 0 radical (unpaired) electrons. The van der Waals surface area contributed by atoms with Gasteiger partial charge in [0.05, 0.1) is 30.5 Å². The van der Waals surface area contributed by atoms with Crippen molar-refractivity contribution in [2.75, 3.05) is 23.9 Å². The molecule has 1 saturated heterocycles. The Morgan fingerprint density at radius 2 is 2.06 bits per heavy atom. The third-order valence-corrected chi connectivity index (χ3v) is 7.05. The number of halogens is 1. The van der Waals surface area contributed by atoms with Crippen LogP contribution in [0.1, 0.15) is 47.0 Å². The highest BCUT2D eigenvalue weighted by atomic mass is 19.1. The van der Waals surface area contributed by atoms with Gasteiger partial charge in [0.25, 0.3) is 0 Å². The average Bonchev–Trinajstić information content (AvgIpc) is 3.21. The van der Waals surface area contributed by atoms with Crippen molar-refractivity contribution in [3.63, 3.8) is 0 Å². The third-order valence-electron chi connectivity index (χ3n) is 7.05. The van der Waals surface area contributed by atoms with Crippen LogP contribution in [0.25, 0.3) is 10.9 Å². The number of hydrogen-bond donors (Lipinski definition) is 2. The molecule has 1 amide bonds. The molecule has 36 heavy (non-hydrogen) atoms. The van der Waals surface area contributed by atoms with E-state index in [9.17, 15) is 14.3 Å². The van der Waals surface area contributed by atoms with E-state index in [0.717, 1.165) is 19.3 Å². The largest absolute Gasteiger partial charge is 0.505 e. The molecule has 4 rings (SSSR count). The van der Waals surface area contributed by atoms with Crippen molar-refractivity contribution >= 4 is 34.2 Å². The maximum absolute atomic E-state index is 14.5. The second kappa shape index (κ2) is 10.2. The lowest BCUT2D eigenvalue weighted by molar-refractivity contribution is -0.000190. The van der Waals surface area contributed by atoms with Gasteiger partial charge >= 0.3 is 6.09 Å². The molecule has 0 aliphatic carbocycles. The summed E-state index contributed by atoms with van der Waals surface area (Å²) in [5.41, 5.74) is 0.542. The first-order valence-electron chi connectivity index (χ1n) is 12.3. The number of nitrogens with one attached hydrogen (secondary N) is 1. The fourth-order valence-electron chi connectivity index (χ4n) is 4.61. The maximum atomic E-state index is 14.5. The van der Waals surface area contributed by atoms with Crippen molar-refractivity contribution in [3.05, 3.63) is 42.5 Å². The molecule has 2 unspecified atom stereocenters. The standard InChI is InChI=1S/C27H33FN4O4/c1-6-17(4)27(11-10-16(2)3)14-32(26(34)36-27)21-12-18-20(13-23(21)35-5)29-15-30-25(18)31-19-8-7-9-22(33)24(19)28/h7-9,12-13,15-17,33H,6,10-11,14H2,1-5H3,(H,29,30,31). The summed E-state index contributed by atoms with van der Waals surface area (Å²) in [4.78, 5) is 23.5. The Balaban J connectivity index is 1.77. The molecule has 0 spiro atoms. The van der Waals surface area contributed by atoms with Crippen LogP contribution >= 0.6 is 0 Å². The first-order chi connectivity index (χ1) is 17.2. The second-order valence-electron chi connectivity index (χ2n) is 9.79. The molecule has 2 N–H and O–H groups in total. The van der Waals surface area contributed by atoms with Crippen molar-refractivity contribution in [2.24, 2.45) is 11.8 Å². The van der Waals surface area contributed by atoms with E-state index in [0.29, 0.717) is 40.6 Å². The highest BCUT2D eigenvalue weighted by Crippen LogP contribution is 2.43. The highest BCUT2D eigenvalue weighted by molar-refractivity contribution is 6.00. The van der Waals surface area contributed by atoms with Gasteiger partial charge in [-0.05, 0) is 49.3 Å². The summed E-state index contributed by atoms with van der Waals surface area (Å²) >= 11 is 0. The lowest BCUT2D eigenvalue weighted by Gasteiger charge is -2.33. The van der Waals surface area contributed by atoms with Crippen molar-refractivity contribution in [3.8, 4) is 11.5 Å². The molecule has 8 nitrogen and oxygen atoms in total. The third kappa shape index (κ3) is 4.74. The van der Waals surface area contributed by atoms with Gasteiger partial charge in [0.15, 0.2) is 11.6 Å². The highest BCUT2D eigenvalue weighted by Gasteiger charge is 2.49. The number of anilines is 3. The van der Waals surface area contributed by atoms with E-state index in [1.807, 2.05) is 0 Å². The topological polar surface area (TPSA) is 96.8 Å². The van der Waals surface area contributed by atoms with Crippen LogP contribution < -0.4 is 15.0 Å². The molecule has 1 aliphatic heterocycles. The molecule has 2 heterocycles. The van der Waals surface area contributed by atoms with Crippen LogP contribution in [0.3, 0.4) is 0 Å². The van der Waals surface area contributed by atoms with Gasteiger partial charge in [0.1, 0.15) is 23.5 Å². The smallest absolute Gasteiger partial charge is 0.415 e. The maximum Gasteiger partial charge on any atom is 0.415 e. The predicted molar refractivity (Wildman–Crippen MR) is 138 cm³/mol. The number of carbonyl (C=O) groups excluding carboxylic acids is 1. The molecule has 3 aromatic rings. The monoisotopic (exact) mass is 496 g/mol. The van der Waals surface area contributed by atoms with Crippen molar-refractivity contribution in [1.82, 2.24) is 9.97 Å². The summed E-state index contributed by atoms with van der Waals surface area (Å²) in [5.74, 6) is 0.196. The van der Waals surface area contributed by atoms with Gasteiger partial charge < -0.3 is 19.9 Å². The van der Waals surface area contributed by atoms with E-state index < -0.39 is 23.3 Å². The van der Waals surface area contributed by atoms with Gasteiger partial charge in [0.2, 0.25) is 0 Å². The van der Waals surface area contributed by atoms with Gasteiger partial charge in [-0.1, -0.05) is 33.8 Å². The number of ether oxygens (including phenoxy) is 2. The number of aromatic hydroxyl groups is 1. The second-order valence-corrected chi connectivity index (χ2v) is 9.79. The molecular weight excluding hydrogens is 463 g/mol. The van der Waals surface area contributed by atoms with E-state index in [2.05, 4.69) is 43.0 Å². The number of rotatable bonds is 9. The Morgan fingerprint density at radius 1 is 1.28 bits per heavy atom. The molecule has 0 bridgehead atoms. The summed E-state index contributed by atoms with van der Waals surface area (Å²) in [6.07, 6.45) is 3.52. The van der Waals surface area contributed by atoms with Gasteiger partial charge in [-0.15, -0.1) is 0 Å². The zero-order valence-corrected chi connectivity index (χ0v) is 21.3. The summed E-state index contributed by atoms with van der Waals surface area (Å²) < 4.78 is 26.2. The molecule has 9 heteroatoms. The number of amides is 1. The quantitative estimate of drug-likeness (QED) is 0.354. The predicted octanol–water partition coefficient (Wildman–Crippen LogP) is 6.40. The minimum atomic E-state index is -0.787. The zero-order chi connectivity index (χ0) is 26.0. The van der Waals surface area contributed by atoms with E-state index in [4.69, 9.17) is 9.47 Å². The summed E-state index contributed by atoms with van der Waals surface area (Å²) in [6, 6.07) is 7.78. The number of fused-ring (bicyclic) bond motifs is 1. The Hall–Kier alpha value is -3.62. The van der Waals surface area contributed by atoms with Crippen molar-refractivity contribution < 1.29 is 23.8 Å². The minimum absolute atomic E-state index is 0.0671. The Kier molecular flexibility index (Phi) is 7.19. The van der Waals surface area contributed by atoms with Gasteiger partial charge in [-0.25, -0.2) is 19.2 Å². The fourth-order valence-corrected chi connectivity index (χ4v) is 4.61. The number of nitrogens with zero attached hydrogens (tertiary/aromatic N) is 3.